The molecular weight excluding hydrogens is 322 g/mol. The van der Waals surface area contributed by atoms with Gasteiger partial charge in [-0.2, -0.15) is 0 Å². The zero-order valence-corrected chi connectivity index (χ0v) is 15.7. The van der Waals surface area contributed by atoms with Gasteiger partial charge >= 0.3 is 6.09 Å². The lowest BCUT2D eigenvalue weighted by Crippen LogP contribution is -2.46. The van der Waals surface area contributed by atoms with Crippen LogP contribution in [0.2, 0.25) is 5.02 Å². The maximum absolute atomic E-state index is 12.4. The van der Waals surface area contributed by atoms with E-state index in [4.69, 9.17) is 16.3 Å². The zero-order valence-electron chi connectivity index (χ0n) is 14.9. The molecule has 1 heterocycles. The second-order valence-electron chi connectivity index (χ2n) is 7.39. The second-order valence-corrected chi connectivity index (χ2v) is 7.83. The Labute approximate surface area is 149 Å². The number of hydrogen-bond donors (Lipinski definition) is 0. The van der Waals surface area contributed by atoms with Crippen molar-refractivity contribution >= 4 is 17.7 Å². The number of likely N-dealkylation sites (tertiary alicyclic amines) is 1. The maximum atomic E-state index is 12.4. The number of hydrogen-bond acceptors (Lipinski definition) is 2. The zero-order chi connectivity index (χ0) is 18.0. The van der Waals surface area contributed by atoms with Gasteiger partial charge in [-0.3, -0.25) is 4.90 Å². The van der Waals surface area contributed by atoms with Crippen LogP contribution in [0.15, 0.2) is 35.9 Å². The van der Waals surface area contributed by atoms with E-state index in [0.29, 0.717) is 11.6 Å². The number of ether oxygens (including phenoxy) is 1. The van der Waals surface area contributed by atoms with Crippen LogP contribution in [0.4, 0.5) is 4.79 Å². The van der Waals surface area contributed by atoms with Gasteiger partial charge in [-0.15, -0.1) is 0 Å². The number of benzene rings is 1. The van der Waals surface area contributed by atoms with Crippen molar-refractivity contribution in [2.45, 2.75) is 52.2 Å². The van der Waals surface area contributed by atoms with Crippen LogP contribution in [0, 0.1) is 11.8 Å². The minimum atomic E-state index is -0.494. The van der Waals surface area contributed by atoms with Crippen molar-refractivity contribution in [2.24, 2.45) is 0 Å². The molecule has 0 atom stereocenters. The summed E-state index contributed by atoms with van der Waals surface area (Å²) in [5.41, 5.74) is 1.11. The van der Waals surface area contributed by atoms with E-state index in [1.54, 1.807) is 4.90 Å². The standard InChI is InChI=1S/C20H24ClNO2/c1-19(2,3)24-18(23)22-13-12-16(20(22,4)5)10-6-8-15-9-7-11-17(21)14-15/h7,9-11,14H,12-13H2,1-5H3/b16-10+. The van der Waals surface area contributed by atoms with Crippen LogP contribution in [-0.4, -0.2) is 28.7 Å². The monoisotopic (exact) mass is 345 g/mol. The van der Waals surface area contributed by atoms with Gasteiger partial charge in [-0.1, -0.05) is 29.5 Å². The highest BCUT2D eigenvalue weighted by Gasteiger charge is 2.41. The average Bonchev–Trinajstić information content (AvgIpc) is 2.72. The Bertz CT molecular complexity index is 717. The van der Waals surface area contributed by atoms with Crippen LogP contribution < -0.4 is 0 Å². The van der Waals surface area contributed by atoms with Gasteiger partial charge in [0.1, 0.15) is 5.60 Å². The molecule has 0 N–H and O–H groups in total. The summed E-state index contributed by atoms with van der Waals surface area (Å²) in [6, 6.07) is 7.46. The van der Waals surface area contributed by atoms with Crippen molar-refractivity contribution < 1.29 is 9.53 Å². The van der Waals surface area contributed by atoms with Crippen LogP contribution in [0.25, 0.3) is 0 Å². The van der Waals surface area contributed by atoms with Crippen LogP contribution in [0.3, 0.4) is 0 Å². The Morgan fingerprint density at radius 1 is 1.38 bits per heavy atom. The third kappa shape index (κ3) is 4.55. The highest BCUT2D eigenvalue weighted by atomic mass is 35.5. The van der Waals surface area contributed by atoms with E-state index in [9.17, 15) is 4.79 Å². The van der Waals surface area contributed by atoms with Crippen molar-refractivity contribution in [2.75, 3.05) is 6.54 Å². The Hall–Kier alpha value is -1.92. The quantitative estimate of drug-likeness (QED) is 0.617. The first kappa shape index (κ1) is 18.4. The van der Waals surface area contributed by atoms with Gasteiger partial charge in [0.25, 0.3) is 0 Å². The summed E-state index contributed by atoms with van der Waals surface area (Å²) in [5, 5.41) is 0.673. The van der Waals surface area contributed by atoms with E-state index in [0.717, 1.165) is 17.6 Å². The van der Waals surface area contributed by atoms with Crippen molar-refractivity contribution in [1.29, 1.82) is 0 Å². The van der Waals surface area contributed by atoms with Gasteiger partial charge in [0.15, 0.2) is 0 Å². The fourth-order valence-electron chi connectivity index (χ4n) is 2.65. The summed E-state index contributed by atoms with van der Waals surface area (Å²) >= 11 is 5.96. The molecule has 0 spiro atoms. The van der Waals surface area contributed by atoms with Crippen LogP contribution >= 0.6 is 11.6 Å². The molecule has 1 fully saturated rings. The molecule has 0 aliphatic carbocycles. The van der Waals surface area contributed by atoms with Gasteiger partial charge in [-0.25, -0.2) is 4.79 Å². The smallest absolute Gasteiger partial charge is 0.410 e. The van der Waals surface area contributed by atoms with Crippen molar-refractivity contribution in [3.05, 3.63) is 46.5 Å². The van der Waals surface area contributed by atoms with Gasteiger partial charge in [-0.05, 0) is 70.9 Å². The molecule has 2 rings (SSSR count). The van der Waals surface area contributed by atoms with E-state index in [1.165, 1.54) is 0 Å². The van der Waals surface area contributed by atoms with Gasteiger partial charge < -0.3 is 4.74 Å². The molecular formula is C20H24ClNO2. The number of allylic oxidation sites excluding steroid dienone is 1. The number of halogens is 1. The third-order valence-corrected chi connectivity index (χ3v) is 4.20. The Balaban J connectivity index is 2.14. The van der Waals surface area contributed by atoms with Crippen LogP contribution in [0.1, 0.15) is 46.6 Å². The number of carbonyl (C=O) groups excluding carboxylic acids is 1. The van der Waals surface area contributed by atoms with E-state index < -0.39 is 11.1 Å². The molecule has 0 saturated carbocycles. The summed E-state index contributed by atoms with van der Waals surface area (Å²) in [5.74, 6) is 6.17. The lowest BCUT2D eigenvalue weighted by Gasteiger charge is -2.34. The molecule has 1 amide bonds. The van der Waals surface area contributed by atoms with E-state index in [2.05, 4.69) is 11.8 Å². The predicted octanol–water partition coefficient (Wildman–Crippen LogP) is 5.04. The molecule has 4 heteroatoms. The van der Waals surface area contributed by atoms with Crippen molar-refractivity contribution in [1.82, 2.24) is 4.90 Å². The summed E-state index contributed by atoms with van der Waals surface area (Å²) in [4.78, 5) is 14.1. The molecule has 128 valence electrons. The second kappa shape index (κ2) is 6.91. The molecule has 0 unspecified atom stereocenters. The molecule has 0 aromatic heterocycles. The first-order valence-corrected chi connectivity index (χ1v) is 8.45. The fourth-order valence-corrected chi connectivity index (χ4v) is 2.84. The van der Waals surface area contributed by atoms with Gasteiger partial charge in [0.05, 0.1) is 5.54 Å². The number of amides is 1. The molecule has 1 saturated heterocycles. The molecule has 0 radical (unpaired) electrons. The lowest BCUT2D eigenvalue weighted by molar-refractivity contribution is 0.0160. The number of nitrogens with zero attached hydrogens (tertiary/aromatic N) is 1. The minimum Gasteiger partial charge on any atom is -0.444 e. The molecule has 0 bridgehead atoms. The van der Waals surface area contributed by atoms with E-state index in [-0.39, 0.29) is 6.09 Å². The molecule has 1 aromatic rings. The number of carbonyl (C=O) groups is 1. The summed E-state index contributed by atoms with van der Waals surface area (Å²) in [7, 11) is 0. The highest BCUT2D eigenvalue weighted by Crippen LogP contribution is 2.34. The molecule has 1 aromatic carbocycles. The van der Waals surface area contributed by atoms with E-state index in [1.807, 2.05) is 65.0 Å². The number of rotatable bonds is 0. The minimum absolute atomic E-state index is 0.279. The Kier molecular flexibility index (Phi) is 5.30. The highest BCUT2D eigenvalue weighted by molar-refractivity contribution is 6.30. The molecule has 1 aliphatic rings. The van der Waals surface area contributed by atoms with Crippen molar-refractivity contribution in [3.63, 3.8) is 0 Å². The first-order valence-electron chi connectivity index (χ1n) is 8.07. The molecule has 1 aliphatic heterocycles. The van der Waals surface area contributed by atoms with Crippen LogP contribution in [0.5, 0.6) is 0 Å². The Morgan fingerprint density at radius 3 is 2.71 bits per heavy atom. The van der Waals surface area contributed by atoms with Gasteiger partial charge in [0.2, 0.25) is 0 Å². The van der Waals surface area contributed by atoms with Gasteiger partial charge in [0, 0.05) is 17.1 Å². The fraction of sp³-hybridized carbons (Fsp3) is 0.450. The third-order valence-electron chi connectivity index (χ3n) is 3.97. The normalized spacial score (nSPS) is 18.2. The Morgan fingerprint density at radius 2 is 2.08 bits per heavy atom. The summed E-state index contributed by atoms with van der Waals surface area (Å²) < 4.78 is 5.50. The van der Waals surface area contributed by atoms with Crippen molar-refractivity contribution in [3.8, 4) is 11.8 Å². The molecule has 24 heavy (non-hydrogen) atoms. The largest absolute Gasteiger partial charge is 0.444 e. The lowest BCUT2D eigenvalue weighted by atomic mass is 9.95. The topological polar surface area (TPSA) is 29.5 Å². The molecule has 3 nitrogen and oxygen atoms in total. The maximum Gasteiger partial charge on any atom is 0.410 e. The predicted molar refractivity (Wildman–Crippen MR) is 98.0 cm³/mol. The van der Waals surface area contributed by atoms with Crippen LogP contribution in [-0.2, 0) is 4.74 Å². The summed E-state index contributed by atoms with van der Waals surface area (Å²) in [6.45, 7) is 10.3. The SMILES string of the molecule is CC(C)(C)OC(=O)N1CC/C(=C\C#Cc2cccc(Cl)c2)C1(C)C. The summed E-state index contributed by atoms with van der Waals surface area (Å²) in [6.07, 6.45) is 2.43. The first-order chi connectivity index (χ1) is 11.1. The van der Waals surface area contributed by atoms with E-state index >= 15 is 0 Å². The average molecular weight is 346 g/mol.